The first-order valence-electron chi connectivity index (χ1n) is 7.91. The van der Waals surface area contributed by atoms with Crippen LogP contribution in [0.5, 0.6) is 0 Å². The molecule has 24 heavy (non-hydrogen) atoms. The smallest absolute Gasteiger partial charge is 0.200 e. The fraction of sp³-hybridized carbons (Fsp3) is 0.211. The lowest BCUT2D eigenvalue weighted by atomic mass is 10.0. The van der Waals surface area contributed by atoms with Crippen LogP contribution in [0.25, 0.3) is 22.1 Å². The minimum Gasteiger partial charge on any atom is -0.440 e. The molecular weight excluding hydrogens is 324 g/mol. The number of nitrogens with one attached hydrogen (secondary N) is 1. The monoisotopic (exact) mass is 342 g/mol. The quantitative estimate of drug-likeness (QED) is 0.776. The summed E-state index contributed by atoms with van der Waals surface area (Å²) in [7, 11) is 0. The first-order valence-corrected chi connectivity index (χ1v) is 7.91. The fourth-order valence-electron chi connectivity index (χ4n) is 3.05. The number of nitrogens with zero attached hydrogens (tertiary/aromatic N) is 1. The van der Waals surface area contributed by atoms with Crippen molar-refractivity contribution in [1.82, 2.24) is 5.32 Å². The topological polar surface area (TPSA) is 45.5 Å². The van der Waals surface area contributed by atoms with Crippen molar-refractivity contribution in [2.75, 3.05) is 31.1 Å². The number of hydrogen-bond donors (Lipinski definition) is 1. The average molecular weight is 343 g/mol. The van der Waals surface area contributed by atoms with Crippen LogP contribution in [-0.2, 0) is 0 Å². The lowest BCUT2D eigenvalue weighted by Gasteiger charge is -2.27. The molecule has 1 saturated heterocycles. The molecule has 1 aliphatic rings. The van der Waals surface area contributed by atoms with E-state index in [4.69, 9.17) is 4.42 Å². The van der Waals surface area contributed by atoms with Crippen molar-refractivity contribution < 1.29 is 4.42 Å². The molecule has 0 unspecified atom stereocenters. The summed E-state index contributed by atoms with van der Waals surface area (Å²) in [5, 5.41) is 3.94. The number of hydrogen-bond acceptors (Lipinski definition) is 4. The zero-order chi connectivity index (χ0) is 15.6. The van der Waals surface area contributed by atoms with Crippen LogP contribution in [0.3, 0.4) is 0 Å². The third kappa shape index (κ3) is 3.03. The van der Waals surface area contributed by atoms with Gasteiger partial charge in [0.1, 0.15) is 5.58 Å². The highest BCUT2D eigenvalue weighted by atomic mass is 35.5. The van der Waals surface area contributed by atoms with Crippen molar-refractivity contribution in [3.63, 3.8) is 0 Å². The summed E-state index contributed by atoms with van der Waals surface area (Å²) in [5.41, 5.74) is 2.69. The second kappa shape index (κ2) is 7.07. The third-order valence-corrected chi connectivity index (χ3v) is 4.26. The molecule has 0 saturated carbocycles. The van der Waals surface area contributed by atoms with Gasteiger partial charge in [0.25, 0.3) is 0 Å². The highest BCUT2D eigenvalue weighted by molar-refractivity contribution is 5.92. The van der Waals surface area contributed by atoms with Crippen LogP contribution in [0.4, 0.5) is 5.88 Å². The molecule has 0 spiro atoms. The van der Waals surface area contributed by atoms with E-state index in [1.165, 1.54) is 0 Å². The lowest BCUT2D eigenvalue weighted by molar-refractivity contribution is 0.521. The van der Waals surface area contributed by atoms with Gasteiger partial charge < -0.3 is 14.6 Å². The Balaban J connectivity index is 0.00000169. The summed E-state index contributed by atoms with van der Waals surface area (Å²) in [6.45, 7) is 3.51. The number of piperazine rings is 1. The van der Waals surface area contributed by atoms with E-state index in [9.17, 15) is 4.79 Å². The molecule has 5 heteroatoms. The van der Waals surface area contributed by atoms with E-state index in [-0.39, 0.29) is 17.8 Å². The molecule has 1 fully saturated rings. The molecule has 1 aliphatic heterocycles. The fourth-order valence-corrected chi connectivity index (χ4v) is 3.05. The van der Waals surface area contributed by atoms with E-state index in [1.54, 1.807) is 6.07 Å². The van der Waals surface area contributed by atoms with Crippen LogP contribution in [0.2, 0.25) is 0 Å². The molecular formula is C19H19ClN2O2. The Morgan fingerprint density at radius 3 is 2.46 bits per heavy atom. The van der Waals surface area contributed by atoms with Crippen molar-refractivity contribution in [2.24, 2.45) is 0 Å². The maximum absolute atomic E-state index is 12.5. The van der Waals surface area contributed by atoms with Gasteiger partial charge in [-0.2, -0.15) is 0 Å². The molecule has 1 aromatic heterocycles. The van der Waals surface area contributed by atoms with Gasteiger partial charge >= 0.3 is 0 Å². The van der Waals surface area contributed by atoms with Gasteiger partial charge in [0.15, 0.2) is 11.3 Å². The molecule has 0 aliphatic carbocycles. The van der Waals surface area contributed by atoms with Crippen LogP contribution in [0.1, 0.15) is 0 Å². The number of rotatable bonds is 2. The Hall–Kier alpha value is -2.30. The van der Waals surface area contributed by atoms with Crippen molar-refractivity contribution in [3.05, 3.63) is 64.8 Å². The highest BCUT2D eigenvalue weighted by Gasteiger charge is 2.16. The van der Waals surface area contributed by atoms with E-state index in [0.29, 0.717) is 16.9 Å². The number of halogens is 1. The van der Waals surface area contributed by atoms with Crippen molar-refractivity contribution in [1.29, 1.82) is 0 Å². The Morgan fingerprint density at radius 2 is 1.71 bits per heavy atom. The Bertz CT molecular complexity index is 887. The Kier molecular flexibility index (Phi) is 4.88. The maximum Gasteiger partial charge on any atom is 0.200 e. The van der Waals surface area contributed by atoms with E-state index in [1.807, 2.05) is 48.5 Å². The van der Waals surface area contributed by atoms with E-state index >= 15 is 0 Å². The van der Waals surface area contributed by atoms with Crippen LogP contribution in [0.15, 0.2) is 63.8 Å². The van der Waals surface area contributed by atoms with Gasteiger partial charge in [-0.15, -0.1) is 12.4 Å². The molecule has 0 amide bonds. The number of para-hydroxylation sites is 1. The summed E-state index contributed by atoms with van der Waals surface area (Å²) in [5.74, 6) is 0.660. The summed E-state index contributed by atoms with van der Waals surface area (Å²) in [4.78, 5) is 14.6. The second-order valence-corrected chi connectivity index (χ2v) is 5.73. The number of fused-ring (bicyclic) bond motifs is 1. The van der Waals surface area contributed by atoms with Crippen LogP contribution < -0.4 is 15.6 Å². The minimum atomic E-state index is 0. The third-order valence-electron chi connectivity index (χ3n) is 4.26. The predicted octanol–water partition coefficient (Wildman–Crippen LogP) is 3.29. The number of benzene rings is 2. The zero-order valence-electron chi connectivity index (χ0n) is 13.2. The molecule has 0 radical (unpaired) electrons. The number of anilines is 1. The van der Waals surface area contributed by atoms with Crippen LogP contribution >= 0.6 is 12.4 Å². The molecule has 2 heterocycles. The first kappa shape index (κ1) is 16.6. The second-order valence-electron chi connectivity index (χ2n) is 5.73. The normalized spacial score (nSPS) is 14.4. The van der Waals surface area contributed by atoms with Gasteiger partial charge in [-0.25, -0.2) is 0 Å². The molecule has 124 valence electrons. The highest BCUT2D eigenvalue weighted by Crippen LogP contribution is 2.29. The molecule has 1 N–H and O–H groups in total. The molecule has 4 nitrogen and oxygen atoms in total. The summed E-state index contributed by atoms with van der Waals surface area (Å²) in [6.07, 6.45) is 0. The van der Waals surface area contributed by atoms with E-state index in [0.717, 1.165) is 37.3 Å². The molecule has 4 rings (SSSR count). The standard InChI is InChI=1S/C19H18N2O2.ClH/c22-17-13-18(21-11-9-20-10-12-21)23-19-15(7-4-8-16(17)19)14-5-2-1-3-6-14;/h1-8,13,20H,9-12H2;1H. The van der Waals surface area contributed by atoms with Crippen molar-refractivity contribution in [3.8, 4) is 11.1 Å². The molecule has 2 aromatic carbocycles. The minimum absolute atomic E-state index is 0. The van der Waals surface area contributed by atoms with Crippen molar-refractivity contribution in [2.45, 2.75) is 0 Å². The molecule has 0 bridgehead atoms. The van der Waals surface area contributed by atoms with Gasteiger partial charge in [0, 0.05) is 37.8 Å². The van der Waals surface area contributed by atoms with E-state index < -0.39 is 0 Å². The van der Waals surface area contributed by atoms with Crippen LogP contribution in [-0.4, -0.2) is 26.2 Å². The van der Waals surface area contributed by atoms with Crippen LogP contribution in [0, 0.1) is 0 Å². The Morgan fingerprint density at radius 1 is 0.958 bits per heavy atom. The van der Waals surface area contributed by atoms with Crippen molar-refractivity contribution >= 4 is 29.3 Å². The maximum atomic E-state index is 12.5. The van der Waals surface area contributed by atoms with Gasteiger partial charge in [0.2, 0.25) is 0 Å². The van der Waals surface area contributed by atoms with Gasteiger partial charge in [-0.05, 0) is 11.6 Å². The largest absolute Gasteiger partial charge is 0.440 e. The van der Waals surface area contributed by atoms with Gasteiger partial charge in [0.05, 0.1) is 5.39 Å². The predicted molar refractivity (Wildman–Crippen MR) is 100 cm³/mol. The first-order chi connectivity index (χ1) is 11.3. The molecule has 3 aromatic rings. The summed E-state index contributed by atoms with van der Waals surface area (Å²) in [6, 6.07) is 17.4. The van der Waals surface area contributed by atoms with E-state index in [2.05, 4.69) is 10.2 Å². The lowest BCUT2D eigenvalue weighted by Crippen LogP contribution is -2.43. The average Bonchev–Trinajstić information content (AvgIpc) is 2.63. The van der Waals surface area contributed by atoms with Gasteiger partial charge in [-0.3, -0.25) is 4.79 Å². The Labute approximate surface area is 146 Å². The SMILES string of the molecule is Cl.O=c1cc(N2CCNCC2)oc2c(-c3ccccc3)cccc12. The summed E-state index contributed by atoms with van der Waals surface area (Å²) < 4.78 is 6.17. The molecule has 0 atom stereocenters. The summed E-state index contributed by atoms with van der Waals surface area (Å²) >= 11 is 0. The zero-order valence-corrected chi connectivity index (χ0v) is 14.0. The van der Waals surface area contributed by atoms with Gasteiger partial charge in [-0.1, -0.05) is 42.5 Å².